The molecule has 1 rings (SSSR count). The van der Waals surface area contributed by atoms with Crippen LogP contribution in [0.5, 0.6) is 0 Å². The fraction of sp³-hybridized carbons (Fsp3) is 1.00. The first-order chi connectivity index (χ1) is 8.01. The highest BCUT2D eigenvalue weighted by molar-refractivity contribution is 4.83. The second-order valence-corrected chi connectivity index (χ2v) is 6.02. The van der Waals surface area contributed by atoms with Gasteiger partial charge in [0.2, 0.25) is 0 Å². The molecule has 0 saturated carbocycles. The fourth-order valence-electron chi connectivity index (χ4n) is 2.83. The maximum Gasteiger partial charge on any atom is 0.0275 e. The summed E-state index contributed by atoms with van der Waals surface area (Å²) in [6.07, 6.45) is 5.44. The molecule has 1 heterocycles. The highest BCUT2D eigenvalue weighted by Gasteiger charge is 2.25. The van der Waals surface area contributed by atoms with E-state index in [-0.39, 0.29) is 5.54 Å². The van der Waals surface area contributed by atoms with Gasteiger partial charge < -0.3 is 10.6 Å². The van der Waals surface area contributed by atoms with Crippen molar-refractivity contribution in [3.8, 4) is 0 Å². The number of hydrogen-bond donors (Lipinski definition) is 1. The van der Waals surface area contributed by atoms with Gasteiger partial charge in [0.25, 0.3) is 0 Å². The zero-order chi connectivity index (χ0) is 12.9. The standard InChI is InChI=1S/C14H31N3/c1-5-17(14(2,3)12-15)11-9-13-8-6-7-10-16(13)4/h13H,5-12,15H2,1-4H3. The van der Waals surface area contributed by atoms with Gasteiger partial charge in [0.05, 0.1) is 0 Å². The predicted molar refractivity (Wildman–Crippen MR) is 75.3 cm³/mol. The van der Waals surface area contributed by atoms with Gasteiger partial charge in [-0.25, -0.2) is 0 Å². The summed E-state index contributed by atoms with van der Waals surface area (Å²) in [6, 6.07) is 0.784. The first-order valence-electron chi connectivity index (χ1n) is 7.16. The molecule has 0 spiro atoms. The van der Waals surface area contributed by atoms with E-state index in [1.54, 1.807) is 0 Å². The number of piperidine rings is 1. The van der Waals surface area contributed by atoms with Gasteiger partial charge in [-0.2, -0.15) is 0 Å². The van der Waals surface area contributed by atoms with Crippen molar-refractivity contribution < 1.29 is 0 Å². The summed E-state index contributed by atoms with van der Waals surface area (Å²) < 4.78 is 0. The SMILES string of the molecule is CCN(CCC1CCCCN1C)C(C)(C)CN. The molecule has 0 bridgehead atoms. The van der Waals surface area contributed by atoms with Crippen LogP contribution < -0.4 is 5.73 Å². The first-order valence-corrected chi connectivity index (χ1v) is 7.16. The van der Waals surface area contributed by atoms with E-state index >= 15 is 0 Å². The number of likely N-dealkylation sites (tertiary alicyclic amines) is 1. The molecule has 0 aliphatic carbocycles. The minimum absolute atomic E-state index is 0.141. The van der Waals surface area contributed by atoms with E-state index in [0.717, 1.165) is 19.1 Å². The second-order valence-electron chi connectivity index (χ2n) is 6.02. The van der Waals surface area contributed by atoms with E-state index < -0.39 is 0 Å². The number of nitrogens with zero attached hydrogens (tertiary/aromatic N) is 2. The Morgan fingerprint density at radius 2 is 2.06 bits per heavy atom. The van der Waals surface area contributed by atoms with Crippen molar-refractivity contribution in [2.24, 2.45) is 5.73 Å². The van der Waals surface area contributed by atoms with Gasteiger partial charge in [-0.1, -0.05) is 13.3 Å². The van der Waals surface area contributed by atoms with Gasteiger partial charge in [0.1, 0.15) is 0 Å². The average molecular weight is 241 g/mol. The van der Waals surface area contributed by atoms with E-state index in [1.165, 1.54) is 38.8 Å². The molecular formula is C14H31N3. The summed E-state index contributed by atoms with van der Waals surface area (Å²) in [5.41, 5.74) is 6.01. The minimum atomic E-state index is 0.141. The van der Waals surface area contributed by atoms with E-state index in [9.17, 15) is 0 Å². The Labute approximate surface area is 107 Å². The molecule has 3 heteroatoms. The molecule has 1 fully saturated rings. The lowest BCUT2D eigenvalue weighted by atomic mass is 9.97. The lowest BCUT2D eigenvalue weighted by molar-refractivity contribution is 0.103. The topological polar surface area (TPSA) is 32.5 Å². The molecule has 0 aromatic heterocycles. The van der Waals surface area contributed by atoms with Crippen LogP contribution in [0.25, 0.3) is 0 Å². The van der Waals surface area contributed by atoms with E-state index in [0.29, 0.717) is 0 Å². The third-order valence-electron chi connectivity index (χ3n) is 4.39. The van der Waals surface area contributed by atoms with Crippen LogP contribution in [-0.4, -0.2) is 54.6 Å². The third-order valence-corrected chi connectivity index (χ3v) is 4.39. The van der Waals surface area contributed by atoms with E-state index in [2.05, 4.69) is 37.6 Å². The van der Waals surface area contributed by atoms with Crippen molar-refractivity contribution in [3.63, 3.8) is 0 Å². The van der Waals surface area contributed by atoms with Gasteiger partial charge in [0, 0.05) is 24.7 Å². The molecule has 1 unspecified atom stereocenters. The molecule has 102 valence electrons. The maximum absolute atomic E-state index is 5.87. The molecule has 0 aromatic rings. The molecule has 1 aliphatic heterocycles. The largest absolute Gasteiger partial charge is 0.329 e. The first kappa shape index (κ1) is 14.9. The van der Waals surface area contributed by atoms with E-state index in [4.69, 9.17) is 5.73 Å². The summed E-state index contributed by atoms with van der Waals surface area (Å²) in [5, 5.41) is 0. The molecule has 0 aromatic carbocycles. The van der Waals surface area contributed by atoms with Crippen LogP contribution in [0, 0.1) is 0 Å². The minimum Gasteiger partial charge on any atom is -0.329 e. The second kappa shape index (κ2) is 6.72. The number of likely N-dealkylation sites (N-methyl/N-ethyl adjacent to an activating group) is 1. The Hall–Kier alpha value is -0.120. The van der Waals surface area contributed by atoms with Crippen LogP contribution in [0.4, 0.5) is 0 Å². The van der Waals surface area contributed by atoms with Crippen molar-refractivity contribution in [3.05, 3.63) is 0 Å². The summed E-state index contributed by atoms with van der Waals surface area (Å²) in [4.78, 5) is 5.06. The zero-order valence-corrected chi connectivity index (χ0v) is 12.2. The van der Waals surface area contributed by atoms with Gasteiger partial charge in [0.15, 0.2) is 0 Å². The summed E-state index contributed by atoms with van der Waals surface area (Å²) >= 11 is 0. The summed E-state index contributed by atoms with van der Waals surface area (Å²) in [5.74, 6) is 0. The van der Waals surface area contributed by atoms with Gasteiger partial charge in [-0.3, -0.25) is 4.90 Å². The summed E-state index contributed by atoms with van der Waals surface area (Å²) in [6.45, 7) is 11.0. The van der Waals surface area contributed by atoms with Crippen LogP contribution in [0.3, 0.4) is 0 Å². The Morgan fingerprint density at radius 3 is 2.59 bits per heavy atom. The van der Waals surface area contributed by atoms with Crippen molar-refractivity contribution in [2.75, 3.05) is 33.2 Å². The Balaban J connectivity index is 2.41. The normalized spacial score (nSPS) is 23.3. The molecule has 3 nitrogen and oxygen atoms in total. The van der Waals surface area contributed by atoms with Crippen LogP contribution in [0.15, 0.2) is 0 Å². The highest BCUT2D eigenvalue weighted by Crippen LogP contribution is 2.20. The van der Waals surface area contributed by atoms with Gasteiger partial charge in [-0.05, 0) is 53.2 Å². The maximum atomic E-state index is 5.87. The van der Waals surface area contributed by atoms with Crippen LogP contribution in [0.2, 0.25) is 0 Å². The number of nitrogens with two attached hydrogens (primary N) is 1. The van der Waals surface area contributed by atoms with Crippen LogP contribution in [0.1, 0.15) is 46.5 Å². The number of rotatable bonds is 6. The zero-order valence-electron chi connectivity index (χ0n) is 12.2. The van der Waals surface area contributed by atoms with Crippen molar-refractivity contribution >= 4 is 0 Å². The Morgan fingerprint density at radius 1 is 1.35 bits per heavy atom. The van der Waals surface area contributed by atoms with Crippen molar-refractivity contribution in [1.82, 2.24) is 9.80 Å². The molecular weight excluding hydrogens is 210 g/mol. The molecule has 17 heavy (non-hydrogen) atoms. The molecule has 2 N–H and O–H groups in total. The Kier molecular flexibility index (Phi) is 5.90. The molecule has 1 aliphatic rings. The van der Waals surface area contributed by atoms with E-state index in [1.807, 2.05) is 0 Å². The molecule has 0 amide bonds. The smallest absolute Gasteiger partial charge is 0.0275 e. The van der Waals surface area contributed by atoms with Crippen LogP contribution in [-0.2, 0) is 0 Å². The van der Waals surface area contributed by atoms with Crippen molar-refractivity contribution in [1.29, 1.82) is 0 Å². The van der Waals surface area contributed by atoms with Crippen LogP contribution >= 0.6 is 0 Å². The fourth-order valence-corrected chi connectivity index (χ4v) is 2.83. The molecule has 1 saturated heterocycles. The van der Waals surface area contributed by atoms with Crippen molar-refractivity contribution in [2.45, 2.75) is 58.0 Å². The summed E-state index contributed by atoms with van der Waals surface area (Å²) in [7, 11) is 2.27. The average Bonchev–Trinajstić information content (AvgIpc) is 2.32. The number of hydrogen-bond acceptors (Lipinski definition) is 3. The quantitative estimate of drug-likeness (QED) is 0.771. The van der Waals surface area contributed by atoms with Gasteiger partial charge in [-0.15, -0.1) is 0 Å². The van der Waals surface area contributed by atoms with Gasteiger partial charge >= 0.3 is 0 Å². The molecule has 0 radical (unpaired) electrons. The highest BCUT2D eigenvalue weighted by atomic mass is 15.2. The third kappa shape index (κ3) is 4.23. The Bertz CT molecular complexity index is 216. The lowest BCUT2D eigenvalue weighted by Gasteiger charge is -2.39. The predicted octanol–water partition coefficient (Wildman–Crippen LogP) is 1.92. The monoisotopic (exact) mass is 241 g/mol. The lowest BCUT2D eigenvalue weighted by Crippen LogP contribution is -2.50. The molecule has 1 atom stereocenters.